The average molecular weight is 320 g/mol. The minimum absolute atomic E-state index is 0.247. The molecular formula is C16H21FN4O2. The van der Waals surface area contributed by atoms with Crippen molar-refractivity contribution in [2.24, 2.45) is 0 Å². The van der Waals surface area contributed by atoms with Crippen LogP contribution in [0.3, 0.4) is 0 Å². The molecule has 0 saturated carbocycles. The maximum absolute atomic E-state index is 12.7. The number of anilines is 1. The van der Waals surface area contributed by atoms with E-state index in [0.29, 0.717) is 31.0 Å². The summed E-state index contributed by atoms with van der Waals surface area (Å²) >= 11 is 0. The van der Waals surface area contributed by atoms with Gasteiger partial charge in [0.15, 0.2) is 0 Å². The number of ether oxygens (including phenoxy) is 1. The van der Waals surface area contributed by atoms with Crippen molar-refractivity contribution in [3.8, 4) is 5.75 Å². The number of hydrogen-bond donors (Lipinski definition) is 2. The fraction of sp³-hybridized carbons (Fsp3) is 0.375. The van der Waals surface area contributed by atoms with E-state index in [-0.39, 0.29) is 17.9 Å². The predicted octanol–water partition coefficient (Wildman–Crippen LogP) is 3.19. The zero-order valence-electron chi connectivity index (χ0n) is 13.3. The normalized spacial score (nSPS) is 10.6. The van der Waals surface area contributed by atoms with Crippen LogP contribution in [0, 0.1) is 5.82 Å². The molecule has 1 heterocycles. The topological polar surface area (TPSA) is 68.2 Å². The third kappa shape index (κ3) is 5.61. The highest BCUT2D eigenvalue weighted by molar-refractivity contribution is 5.88. The lowest BCUT2D eigenvalue weighted by atomic mass is 10.3. The Labute approximate surface area is 134 Å². The molecule has 0 unspecified atom stereocenters. The molecule has 0 saturated heterocycles. The maximum atomic E-state index is 12.7. The summed E-state index contributed by atoms with van der Waals surface area (Å²) < 4.78 is 19.9. The summed E-state index contributed by atoms with van der Waals surface area (Å²) in [5, 5.41) is 9.60. The van der Waals surface area contributed by atoms with Crippen LogP contribution in [0.25, 0.3) is 0 Å². The molecule has 1 aromatic carbocycles. The van der Waals surface area contributed by atoms with Gasteiger partial charge in [0, 0.05) is 18.8 Å². The molecule has 0 fully saturated rings. The molecule has 2 aromatic rings. The number of carbonyl (C=O) groups excluding carboxylic acids is 1. The SMILES string of the molecule is CC(C)n1cc(NC(=O)NCCCOc2ccc(F)cc2)cn1. The molecule has 0 aliphatic rings. The fourth-order valence-electron chi connectivity index (χ4n) is 1.86. The summed E-state index contributed by atoms with van der Waals surface area (Å²) in [6, 6.07) is 5.80. The van der Waals surface area contributed by atoms with Crippen LogP contribution in [-0.4, -0.2) is 29.0 Å². The number of hydrogen-bond acceptors (Lipinski definition) is 3. The van der Waals surface area contributed by atoms with Gasteiger partial charge in [0.25, 0.3) is 0 Å². The van der Waals surface area contributed by atoms with Gasteiger partial charge in [0.2, 0.25) is 0 Å². The lowest BCUT2D eigenvalue weighted by molar-refractivity contribution is 0.250. The lowest BCUT2D eigenvalue weighted by Crippen LogP contribution is -2.30. The monoisotopic (exact) mass is 320 g/mol. The molecule has 0 aliphatic carbocycles. The Morgan fingerprint density at radius 3 is 2.74 bits per heavy atom. The Bertz CT molecular complexity index is 625. The van der Waals surface area contributed by atoms with E-state index in [1.54, 1.807) is 29.2 Å². The van der Waals surface area contributed by atoms with E-state index in [1.807, 2.05) is 13.8 Å². The van der Waals surface area contributed by atoms with Gasteiger partial charge < -0.3 is 15.4 Å². The first kappa shape index (κ1) is 16.8. The van der Waals surface area contributed by atoms with Crippen LogP contribution in [0.5, 0.6) is 5.75 Å². The van der Waals surface area contributed by atoms with Gasteiger partial charge in [-0.25, -0.2) is 9.18 Å². The van der Waals surface area contributed by atoms with Gasteiger partial charge in [-0.2, -0.15) is 5.10 Å². The molecule has 6 nitrogen and oxygen atoms in total. The minimum Gasteiger partial charge on any atom is -0.494 e. The molecule has 0 spiro atoms. The molecule has 0 aliphatic heterocycles. The summed E-state index contributed by atoms with van der Waals surface area (Å²) in [5.41, 5.74) is 0.652. The molecule has 0 atom stereocenters. The van der Waals surface area contributed by atoms with Crippen molar-refractivity contribution in [1.82, 2.24) is 15.1 Å². The van der Waals surface area contributed by atoms with Crippen molar-refractivity contribution in [3.63, 3.8) is 0 Å². The first-order chi connectivity index (χ1) is 11.0. The van der Waals surface area contributed by atoms with Crippen LogP contribution >= 0.6 is 0 Å². The van der Waals surface area contributed by atoms with Crippen molar-refractivity contribution >= 4 is 11.7 Å². The van der Waals surface area contributed by atoms with Gasteiger partial charge in [0.1, 0.15) is 11.6 Å². The maximum Gasteiger partial charge on any atom is 0.319 e. The van der Waals surface area contributed by atoms with E-state index in [4.69, 9.17) is 4.74 Å². The number of rotatable bonds is 7. The second-order valence-corrected chi connectivity index (χ2v) is 5.34. The number of amides is 2. The molecule has 23 heavy (non-hydrogen) atoms. The van der Waals surface area contributed by atoms with Gasteiger partial charge in [0.05, 0.1) is 18.5 Å². The molecule has 2 amide bonds. The first-order valence-electron chi connectivity index (χ1n) is 7.52. The zero-order chi connectivity index (χ0) is 16.7. The van der Waals surface area contributed by atoms with Crippen LogP contribution in [0.1, 0.15) is 26.3 Å². The number of halogens is 1. The molecule has 2 N–H and O–H groups in total. The highest BCUT2D eigenvalue weighted by atomic mass is 19.1. The molecule has 0 radical (unpaired) electrons. The van der Waals surface area contributed by atoms with Gasteiger partial charge in [-0.3, -0.25) is 4.68 Å². The Hall–Kier alpha value is -2.57. The molecular weight excluding hydrogens is 299 g/mol. The van der Waals surface area contributed by atoms with Crippen LogP contribution in [-0.2, 0) is 0 Å². The van der Waals surface area contributed by atoms with Crippen LogP contribution in [0.4, 0.5) is 14.9 Å². The van der Waals surface area contributed by atoms with Crippen molar-refractivity contribution in [2.75, 3.05) is 18.5 Å². The van der Waals surface area contributed by atoms with Crippen LogP contribution in [0.15, 0.2) is 36.7 Å². The van der Waals surface area contributed by atoms with Crippen molar-refractivity contribution in [1.29, 1.82) is 0 Å². The summed E-state index contributed by atoms with van der Waals surface area (Å²) in [5.74, 6) is 0.313. The Morgan fingerprint density at radius 1 is 1.35 bits per heavy atom. The smallest absolute Gasteiger partial charge is 0.319 e. The standard InChI is InChI=1S/C16H21FN4O2/c1-12(2)21-11-14(10-19-21)20-16(22)18-8-3-9-23-15-6-4-13(17)5-7-15/h4-7,10-12H,3,8-9H2,1-2H3,(H2,18,20,22). The molecule has 0 bridgehead atoms. The van der Waals surface area contributed by atoms with Crippen molar-refractivity contribution < 1.29 is 13.9 Å². The van der Waals surface area contributed by atoms with Crippen molar-refractivity contribution in [2.45, 2.75) is 26.3 Å². The van der Waals surface area contributed by atoms with Gasteiger partial charge in [-0.15, -0.1) is 0 Å². The summed E-state index contributed by atoms with van der Waals surface area (Å²) in [4.78, 5) is 11.7. The highest BCUT2D eigenvalue weighted by Crippen LogP contribution is 2.11. The second-order valence-electron chi connectivity index (χ2n) is 5.34. The number of urea groups is 1. The fourth-order valence-corrected chi connectivity index (χ4v) is 1.86. The lowest BCUT2D eigenvalue weighted by Gasteiger charge is -2.08. The van der Waals surface area contributed by atoms with Crippen LogP contribution < -0.4 is 15.4 Å². The Balaban J connectivity index is 1.61. The third-order valence-corrected chi connectivity index (χ3v) is 3.08. The van der Waals surface area contributed by atoms with Gasteiger partial charge >= 0.3 is 6.03 Å². The number of aromatic nitrogens is 2. The quantitative estimate of drug-likeness (QED) is 0.770. The second kappa shape index (κ2) is 8.17. The molecule has 2 rings (SSSR count). The molecule has 7 heteroatoms. The van der Waals surface area contributed by atoms with Gasteiger partial charge in [-0.1, -0.05) is 0 Å². The average Bonchev–Trinajstić information content (AvgIpc) is 2.97. The first-order valence-corrected chi connectivity index (χ1v) is 7.52. The number of benzene rings is 1. The predicted molar refractivity (Wildman–Crippen MR) is 86.1 cm³/mol. The largest absolute Gasteiger partial charge is 0.494 e. The van der Waals surface area contributed by atoms with Crippen molar-refractivity contribution in [3.05, 3.63) is 42.5 Å². The van der Waals surface area contributed by atoms with E-state index in [1.165, 1.54) is 12.1 Å². The van der Waals surface area contributed by atoms with Crippen LogP contribution in [0.2, 0.25) is 0 Å². The summed E-state index contributed by atoms with van der Waals surface area (Å²) in [6.07, 6.45) is 4.04. The minimum atomic E-state index is -0.295. The van der Waals surface area contributed by atoms with Gasteiger partial charge in [-0.05, 0) is 44.5 Å². The van der Waals surface area contributed by atoms with E-state index in [9.17, 15) is 9.18 Å². The Kier molecular flexibility index (Phi) is 5.96. The number of nitrogens with one attached hydrogen (secondary N) is 2. The van der Waals surface area contributed by atoms with E-state index < -0.39 is 0 Å². The highest BCUT2D eigenvalue weighted by Gasteiger charge is 2.05. The van der Waals surface area contributed by atoms with E-state index in [2.05, 4.69) is 15.7 Å². The molecule has 124 valence electrons. The summed E-state index contributed by atoms with van der Waals surface area (Å²) in [7, 11) is 0. The van der Waals surface area contributed by atoms with E-state index in [0.717, 1.165) is 0 Å². The molecule has 1 aromatic heterocycles. The Morgan fingerprint density at radius 2 is 2.09 bits per heavy atom. The third-order valence-electron chi connectivity index (χ3n) is 3.08. The zero-order valence-corrected chi connectivity index (χ0v) is 13.3. The summed E-state index contributed by atoms with van der Waals surface area (Å²) in [6.45, 7) is 4.94. The van der Waals surface area contributed by atoms with E-state index >= 15 is 0 Å². The number of carbonyl (C=O) groups is 1. The number of nitrogens with zero attached hydrogens (tertiary/aromatic N) is 2.